The molecule has 4 rings (SSSR count). The van der Waals surface area contributed by atoms with Crippen LogP contribution in [0.25, 0.3) is 0 Å². The number of ether oxygens (including phenoxy) is 1. The van der Waals surface area contributed by atoms with Gasteiger partial charge in [-0.25, -0.2) is 0 Å². The van der Waals surface area contributed by atoms with Gasteiger partial charge in [-0.3, -0.25) is 14.5 Å². The lowest BCUT2D eigenvalue weighted by Gasteiger charge is -2.31. The van der Waals surface area contributed by atoms with E-state index in [0.29, 0.717) is 41.7 Å². The number of halogens is 2. The van der Waals surface area contributed by atoms with E-state index < -0.39 is 0 Å². The van der Waals surface area contributed by atoms with E-state index in [-0.39, 0.29) is 29.8 Å². The molecule has 2 N–H and O–H groups in total. The van der Waals surface area contributed by atoms with Crippen LogP contribution in [-0.2, 0) is 9.53 Å². The fourth-order valence-corrected chi connectivity index (χ4v) is 5.48. The smallest absolute Gasteiger partial charge is 0.251 e. The fourth-order valence-electron chi connectivity index (χ4n) is 5.18. The number of nitrogens with one attached hydrogen (secondary N) is 2. The third kappa shape index (κ3) is 7.93. The van der Waals surface area contributed by atoms with Gasteiger partial charge in [0.2, 0.25) is 5.91 Å². The highest BCUT2D eigenvalue weighted by atomic mass is 35.5. The number of hydrogen-bond donors (Lipinski definition) is 2. The normalized spacial score (nSPS) is 21.7. The van der Waals surface area contributed by atoms with Crippen molar-refractivity contribution in [2.24, 2.45) is 0 Å². The molecule has 7 nitrogen and oxygen atoms in total. The van der Waals surface area contributed by atoms with E-state index in [9.17, 15) is 9.59 Å². The summed E-state index contributed by atoms with van der Waals surface area (Å²) in [6.45, 7) is 8.01. The highest BCUT2D eigenvalue weighted by molar-refractivity contribution is 6.42. The second-order valence-electron chi connectivity index (χ2n) is 10.1. The third-order valence-electron chi connectivity index (χ3n) is 7.53. The monoisotopic (exact) mass is 560 g/mol. The molecule has 0 spiro atoms. The first-order valence-corrected chi connectivity index (χ1v) is 14.3. The van der Waals surface area contributed by atoms with Crippen molar-refractivity contribution in [1.29, 1.82) is 0 Å². The maximum atomic E-state index is 13.8. The van der Waals surface area contributed by atoms with Crippen LogP contribution in [0.3, 0.4) is 0 Å². The second kappa shape index (κ2) is 14.3. The number of benzene rings is 2. The molecular formula is C29H38Cl2N4O3. The van der Waals surface area contributed by atoms with Crippen LogP contribution in [0.4, 0.5) is 0 Å². The van der Waals surface area contributed by atoms with Crippen molar-refractivity contribution in [3.8, 4) is 0 Å². The van der Waals surface area contributed by atoms with Crippen molar-refractivity contribution in [3.63, 3.8) is 0 Å². The number of carbonyl (C=O) groups is 2. The quantitative estimate of drug-likeness (QED) is 0.455. The van der Waals surface area contributed by atoms with E-state index in [2.05, 4.69) is 46.7 Å². The van der Waals surface area contributed by atoms with Gasteiger partial charge in [0.1, 0.15) is 0 Å². The first kappa shape index (κ1) is 28.8. The Kier molecular flexibility index (Phi) is 10.8. The summed E-state index contributed by atoms with van der Waals surface area (Å²) in [6.07, 6.45) is 2.43. The topological polar surface area (TPSA) is 73.9 Å². The molecule has 2 aromatic rings. The van der Waals surface area contributed by atoms with E-state index >= 15 is 0 Å². The molecule has 0 bridgehead atoms. The highest BCUT2D eigenvalue weighted by Crippen LogP contribution is 2.24. The maximum Gasteiger partial charge on any atom is 0.251 e. The Balaban J connectivity index is 1.43. The van der Waals surface area contributed by atoms with E-state index in [1.165, 1.54) is 5.56 Å². The van der Waals surface area contributed by atoms with Crippen LogP contribution in [-0.4, -0.2) is 86.2 Å². The molecule has 2 fully saturated rings. The molecule has 3 unspecified atom stereocenters. The summed E-state index contributed by atoms with van der Waals surface area (Å²) in [5.41, 5.74) is 1.72. The Morgan fingerprint density at radius 1 is 1.11 bits per heavy atom. The van der Waals surface area contributed by atoms with Gasteiger partial charge in [0.15, 0.2) is 0 Å². The SMILES string of the molecule is CCC(CN1CCC(CNC(=O)c2ccc(Cl)c(Cl)c2)NC(CCN2CCOCC2)C1=O)c1ccccc1. The molecule has 2 heterocycles. The van der Waals surface area contributed by atoms with Crippen LogP contribution in [0.2, 0.25) is 10.0 Å². The molecule has 2 amide bonds. The molecular weight excluding hydrogens is 523 g/mol. The largest absolute Gasteiger partial charge is 0.379 e. The van der Waals surface area contributed by atoms with E-state index in [1.54, 1.807) is 18.2 Å². The van der Waals surface area contributed by atoms with Crippen LogP contribution in [0.15, 0.2) is 48.5 Å². The van der Waals surface area contributed by atoms with Crippen molar-refractivity contribution in [3.05, 3.63) is 69.7 Å². The van der Waals surface area contributed by atoms with Crippen molar-refractivity contribution in [2.45, 2.75) is 44.2 Å². The number of amides is 2. The van der Waals surface area contributed by atoms with Crippen molar-refractivity contribution >= 4 is 35.0 Å². The van der Waals surface area contributed by atoms with Crippen LogP contribution in [0.1, 0.15) is 48.0 Å². The molecule has 0 aromatic heterocycles. The molecule has 206 valence electrons. The zero-order chi connectivity index (χ0) is 26.9. The van der Waals surface area contributed by atoms with Gasteiger partial charge < -0.3 is 20.3 Å². The van der Waals surface area contributed by atoms with Gasteiger partial charge in [0.25, 0.3) is 5.91 Å². The number of carbonyl (C=O) groups excluding carboxylic acids is 2. The van der Waals surface area contributed by atoms with Gasteiger partial charge in [0.05, 0.1) is 29.3 Å². The van der Waals surface area contributed by atoms with Gasteiger partial charge in [-0.1, -0.05) is 60.5 Å². The minimum atomic E-state index is -0.305. The summed E-state index contributed by atoms with van der Waals surface area (Å²) in [6, 6.07) is 15.0. The number of morpholine rings is 1. The Hall–Kier alpha value is -2.16. The Morgan fingerprint density at radius 2 is 1.87 bits per heavy atom. The molecule has 0 radical (unpaired) electrons. The van der Waals surface area contributed by atoms with Gasteiger partial charge >= 0.3 is 0 Å². The van der Waals surface area contributed by atoms with Crippen molar-refractivity contribution in [1.82, 2.24) is 20.4 Å². The standard InChI is InChI=1S/C29H38Cl2N4O3/c1-2-21(22-6-4-3-5-7-22)20-35-13-10-24(19-32-28(36)23-8-9-25(30)26(31)18-23)33-27(29(35)37)11-12-34-14-16-38-17-15-34/h3-9,18,21,24,27,33H,2,10-17,19-20H2,1H3,(H,32,36). The molecule has 2 saturated heterocycles. The molecule has 38 heavy (non-hydrogen) atoms. The number of nitrogens with zero attached hydrogens (tertiary/aromatic N) is 2. The lowest BCUT2D eigenvalue weighted by molar-refractivity contribution is -0.133. The predicted molar refractivity (Wildman–Crippen MR) is 152 cm³/mol. The van der Waals surface area contributed by atoms with E-state index in [1.807, 2.05) is 11.0 Å². The Labute approximate surface area is 235 Å². The summed E-state index contributed by atoms with van der Waals surface area (Å²) in [5.74, 6) is 0.217. The van der Waals surface area contributed by atoms with Crippen LogP contribution in [0.5, 0.6) is 0 Å². The van der Waals surface area contributed by atoms with Crippen LogP contribution in [0, 0.1) is 0 Å². The van der Waals surface area contributed by atoms with Gasteiger partial charge in [-0.15, -0.1) is 0 Å². The Bertz CT molecular complexity index is 1070. The lowest BCUT2D eigenvalue weighted by Crippen LogP contribution is -2.50. The first-order chi connectivity index (χ1) is 18.4. The fraction of sp³-hybridized carbons (Fsp3) is 0.517. The summed E-state index contributed by atoms with van der Waals surface area (Å²) in [5, 5.41) is 7.36. The molecule has 9 heteroatoms. The van der Waals surface area contributed by atoms with Gasteiger partial charge in [0, 0.05) is 56.8 Å². The molecule has 0 saturated carbocycles. The van der Waals surface area contributed by atoms with Crippen molar-refractivity contribution < 1.29 is 14.3 Å². The average molecular weight is 562 g/mol. The number of hydrogen-bond acceptors (Lipinski definition) is 5. The van der Waals surface area contributed by atoms with Gasteiger partial charge in [-0.2, -0.15) is 0 Å². The van der Waals surface area contributed by atoms with Crippen molar-refractivity contribution in [2.75, 3.05) is 52.5 Å². The number of rotatable bonds is 10. The third-order valence-corrected chi connectivity index (χ3v) is 8.27. The van der Waals surface area contributed by atoms with Crippen LogP contribution >= 0.6 is 23.2 Å². The molecule has 2 aliphatic rings. The highest BCUT2D eigenvalue weighted by Gasteiger charge is 2.32. The second-order valence-corrected chi connectivity index (χ2v) is 10.9. The van der Waals surface area contributed by atoms with Gasteiger partial charge in [-0.05, 0) is 43.0 Å². The molecule has 2 aromatic carbocycles. The van der Waals surface area contributed by atoms with E-state index in [0.717, 1.165) is 45.7 Å². The minimum Gasteiger partial charge on any atom is -0.379 e. The maximum absolute atomic E-state index is 13.8. The first-order valence-electron chi connectivity index (χ1n) is 13.6. The Morgan fingerprint density at radius 3 is 2.58 bits per heavy atom. The average Bonchev–Trinajstić information content (AvgIpc) is 3.09. The summed E-state index contributed by atoms with van der Waals surface area (Å²) < 4.78 is 5.48. The predicted octanol–water partition coefficient (Wildman–Crippen LogP) is 4.20. The summed E-state index contributed by atoms with van der Waals surface area (Å²) >= 11 is 12.1. The zero-order valence-electron chi connectivity index (χ0n) is 22.0. The van der Waals surface area contributed by atoms with Crippen LogP contribution < -0.4 is 10.6 Å². The summed E-state index contributed by atoms with van der Waals surface area (Å²) in [4.78, 5) is 30.9. The molecule has 3 atom stereocenters. The zero-order valence-corrected chi connectivity index (χ0v) is 23.5. The van der Waals surface area contributed by atoms with E-state index in [4.69, 9.17) is 27.9 Å². The summed E-state index contributed by atoms with van der Waals surface area (Å²) in [7, 11) is 0. The lowest BCUT2D eigenvalue weighted by atomic mass is 9.95. The molecule has 2 aliphatic heterocycles. The molecule has 0 aliphatic carbocycles. The minimum absolute atomic E-state index is 0.0258.